The van der Waals surface area contributed by atoms with E-state index in [4.69, 9.17) is 9.84 Å². The molecule has 1 heterocycles. The zero-order valence-electron chi connectivity index (χ0n) is 9.05. The molecule has 5 nitrogen and oxygen atoms in total. The molecular weight excluding hydrogens is 218 g/mol. The van der Waals surface area contributed by atoms with Crippen LogP contribution in [-0.4, -0.2) is 56.5 Å². The molecule has 0 saturated carbocycles. The molecule has 0 radical (unpaired) electrons. The number of methoxy groups -OCH3 is 1. The minimum absolute atomic E-state index is 0.0138. The molecule has 1 atom stereocenters. The number of hydrogen-bond donors (Lipinski definition) is 1. The number of hydrogen-bond acceptors (Lipinski definition) is 4. The predicted molar refractivity (Wildman–Crippen MR) is 57.1 cm³/mol. The highest BCUT2D eigenvalue weighted by Crippen LogP contribution is 2.18. The molecule has 0 aromatic rings. The van der Waals surface area contributed by atoms with Crippen molar-refractivity contribution in [3.8, 4) is 0 Å². The van der Waals surface area contributed by atoms with Gasteiger partial charge in [-0.15, -0.1) is 0 Å². The summed E-state index contributed by atoms with van der Waals surface area (Å²) in [7, 11) is -1.58. The zero-order valence-corrected chi connectivity index (χ0v) is 9.87. The fourth-order valence-corrected chi connectivity index (χ4v) is 3.70. The van der Waals surface area contributed by atoms with Crippen LogP contribution < -0.4 is 0 Å². The summed E-state index contributed by atoms with van der Waals surface area (Å²) < 4.78 is 30.0. The number of ether oxygens (including phenoxy) is 1. The highest BCUT2D eigenvalue weighted by atomic mass is 32.2. The first-order valence-electron chi connectivity index (χ1n) is 5.21. The zero-order chi connectivity index (χ0) is 11.3. The third kappa shape index (κ3) is 3.41. The van der Waals surface area contributed by atoms with Gasteiger partial charge in [0.15, 0.2) is 0 Å². The third-order valence-electron chi connectivity index (χ3n) is 2.62. The summed E-state index contributed by atoms with van der Waals surface area (Å²) in [6.45, 7) is 0.885. The van der Waals surface area contributed by atoms with Crippen LogP contribution in [0.25, 0.3) is 0 Å². The molecular formula is C9H19NO4S. The van der Waals surface area contributed by atoms with Gasteiger partial charge in [-0.2, -0.15) is 4.31 Å². The average Bonchev–Trinajstić information content (AvgIpc) is 2.17. The highest BCUT2D eigenvalue weighted by molar-refractivity contribution is 7.89. The van der Waals surface area contributed by atoms with Crippen LogP contribution in [0, 0.1) is 0 Å². The molecule has 0 aliphatic carbocycles. The Morgan fingerprint density at radius 3 is 2.73 bits per heavy atom. The van der Waals surface area contributed by atoms with Crippen molar-refractivity contribution in [3.05, 3.63) is 0 Å². The van der Waals surface area contributed by atoms with E-state index in [2.05, 4.69) is 0 Å². The fraction of sp³-hybridized carbons (Fsp3) is 1.00. The maximum atomic E-state index is 11.8. The van der Waals surface area contributed by atoms with E-state index in [0.29, 0.717) is 19.6 Å². The Balaban J connectivity index is 2.71. The summed E-state index contributed by atoms with van der Waals surface area (Å²) in [5, 5.41) is 8.89. The Bertz CT molecular complexity index is 272. The number of nitrogens with zero attached hydrogens (tertiary/aromatic N) is 1. The minimum atomic E-state index is -3.12. The van der Waals surface area contributed by atoms with Crippen molar-refractivity contribution in [1.82, 2.24) is 4.31 Å². The lowest BCUT2D eigenvalue weighted by Gasteiger charge is -2.33. The van der Waals surface area contributed by atoms with Crippen LogP contribution in [0.4, 0.5) is 0 Å². The van der Waals surface area contributed by atoms with Gasteiger partial charge >= 0.3 is 0 Å². The maximum absolute atomic E-state index is 11.8. The molecule has 1 unspecified atom stereocenters. The molecule has 15 heavy (non-hydrogen) atoms. The van der Waals surface area contributed by atoms with Crippen LogP contribution in [0.1, 0.15) is 19.3 Å². The molecule has 1 fully saturated rings. The van der Waals surface area contributed by atoms with Crippen LogP contribution in [0.3, 0.4) is 0 Å². The number of aliphatic hydroxyl groups excluding tert-OH is 1. The van der Waals surface area contributed by atoms with E-state index in [9.17, 15) is 8.42 Å². The van der Waals surface area contributed by atoms with E-state index < -0.39 is 10.0 Å². The summed E-state index contributed by atoms with van der Waals surface area (Å²) >= 11 is 0. The maximum Gasteiger partial charge on any atom is 0.214 e. The average molecular weight is 237 g/mol. The normalized spacial score (nSPS) is 23.9. The van der Waals surface area contributed by atoms with Gasteiger partial charge in [-0.05, 0) is 19.3 Å². The molecule has 1 rings (SSSR count). The lowest BCUT2D eigenvalue weighted by molar-refractivity contribution is 0.111. The van der Waals surface area contributed by atoms with E-state index in [1.54, 1.807) is 7.11 Å². The molecule has 1 aliphatic heterocycles. The first-order chi connectivity index (χ1) is 7.11. The summed E-state index contributed by atoms with van der Waals surface area (Å²) in [6.07, 6.45) is 2.07. The quantitative estimate of drug-likeness (QED) is 0.719. The Morgan fingerprint density at radius 2 is 2.20 bits per heavy atom. The monoisotopic (exact) mass is 237 g/mol. The highest BCUT2D eigenvalue weighted by Gasteiger charge is 2.31. The second-order valence-corrected chi connectivity index (χ2v) is 5.80. The van der Waals surface area contributed by atoms with Gasteiger partial charge in [-0.25, -0.2) is 8.42 Å². The molecule has 0 spiro atoms. The molecule has 0 amide bonds. The molecule has 1 aliphatic rings. The molecule has 0 bridgehead atoms. The van der Waals surface area contributed by atoms with Crippen molar-refractivity contribution < 1.29 is 18.3 Å². The lowest BCUT2D eigenvalue weighted by atomic mass is 10.2. The van der Waals surface area contributed by atoms with Gasteiger partial charge in [0.05, 0.1) is 18.4 Å². The summed E-state index contributed by atoms with van der Waals surface area (Å²) in [5.74, 6) is 0.221. The predicted octanol–water partition coefficient (Wildman–Crippen LogP) is -0.191. The fourth-order valence-electron chi connectivity index (χ4n) is 1.87. The lowest BCUT2D eigenvalue weighted by Crippen LogP contribution is -2.47. The van der Waals surface area contributed by atoms with E-state index in [1.165, 1.54) is 4.31 Å². The van der Waals surface area contributed by atoms with Crippen molar-refractivity contribution >= 4 is 10.0 Å². The molecule has 1 saturated heterocycles. The van der Waals surface area contributed by atoms with Gasteiger partial charge in [-0.3, -0.25) is 0 Å². The van der Waals surface area contributed by atoms with Gasteiger partial charge in [0.25, 0.3) is 0 Å². The number of aliphatic hydroxyl groups is 1. The van der Waals surface area contributed by atoms with E-state index in [1.807, 2.05) is 0 Å². The van der Waals surface area contributed by atoms with E-state index in [0.717, 1.165) is 12.8 Å². The Labute approximate surface area is 91.1 Å². The Hall–Kier alpha value is -0.170. The van der Waals surface area contributed by atoms with Crippen molar-refractivity contribution in [2.75, 3.05) is 32.6 Å². The largest absolute Gasteiger partial charge is 0.396 e. The topological polar surface area (TPSA) is 66.8 Å². The summed E-state index contributed by atoms with van der Waals surface area (Å²) in [4.78, 5) is 0. The molecule has 0 aromatic carbocycles. The van der Waals surface area contributed by atoms with Crippen molar-refractivity contribution in [1.29, 1.82) is 0 Å². The molecule has 90 valence electrons. The second-order valence-electron chi connectivity index (χ2n) is 3.76. The minimum Gasteiger partial charge on any atom is -0.396 e. The standard InChI is InChI=1S/C9H19NO4S/c1-14-8-9(4-6-11)10-5-2-3-7-15(10,12)13/h9,11H,2-8H2,1H3. The van der Waals surface area contributed by atoms with Gasteiger partial charge in [-0.1, -0.05) is 0 Å². The van der Waals surface area contributed by atoms with Gasteiger partial charge in [0, 0.05) is 20.3 Å². The number of sulfonamides is 1. The Kier molecular flexibility index (Phi) is 4.98. The van der Waals surface area contributed by atoms with Crippen LogP contribution in [0.15, 0.2) is 0 Å². The van der Waals surface area contributed by atoms with Gasteiger partial charge in [0.2, 0.25) is 10.0 Å². The van der Waals surface area contributed by atoms with Crippen molar-refractivity contribution in [3.63, 3.8) is 0 Å². The van der Waals surface area contributed by atoms with Crippen LogP contribution >= 0.6 is 0 Å². The van der Waals surface area contributed by atoms with Crippen LogP contribution in [0.5, 0.6) is 0 Å². The van der Waals surface area contributed by atoms with E-state index >= 15 is 0 Å². The van der Waals surface area contributed by atoms with Gasteiger partial charge < -0.3 is 9.84 Å². The van der Waals surface area contributed by atoms with Crippen molar-refractivity contribution in [2.24, 2.45) is 0 Å². The van der Waals surface area contributed by atoms with Crippen LogP contribution in [0.2, 0.25) is 0 Å². The van der Waals surface area contributed by atoms with Crippen LogP contribution in [-0.2, 0) is 14.8 Å². The second kappa shape index (κ2) is 5.79. The molecule has 6 heteroatoms. The van der Waals surface area contributed by atoms with Crippen molar-refractivity contribution in [2.45, 2.75) is 25.3 Å². The van der Waals surface area contributed by atoms with Gasteiger partial charge in [0.1, 0.15) is 0 Å². The Morgan fingerprint density at radius 1 is 1.47 bits per heavy atom. The third-order valence-corrected chi connectivity index (χ3v) is 4.62. The summed E-state index contributed by atoms with van der Waals surface area (Å²) in [6, 6.07) is -0.217. The summed E-state index contributed by atoms with van der Waals surface area (Å²) in [5.41, 5.74) is 0. The smallest absolute Gasteiger partial charge is 0.214 e. The molecule has 0 aromatic heterocycles. The molecule has 1 N–H and O–H groups in total. The van der Waals surface area contributed by atoms with E-state index in [-0.39, 0.29) is 18.4 Å². The first kappa shape index (κ1) is 12.9. The SMILES string of the molecule is COCC(CCO)N1CCCCS1(=O)=O. The number of rotatable bonds is 5. The first-order valence-corrected chi connectivity index (χ1v) is 6.82.